The minimum Gasteiger partial charge on any atom is -0.480 e. The molecule has 0 radical (unpaired) electrons. The van der Waals surface area contributed by atoms with Crippen molar-refractivity contribution >= 4 is 23.9 Å². The van der Waals surface area contributed by atoms with E-state index in [0.717, 1.165) is 12.8 Å². The first-order valence-corrected chi connectivity index (χ1v) is 8.99. The highest BCUT2D eigenvalue weighted by atomic mass is 16.6. The number of carbonyl (C=O) groups excluding carboxylic acids is 2. The Morgan fingerprint density at radius 3 is 1.27 bits per heavy atom. The minimum absolute atomic E-state index is 0.200. The molecule has 0 spiro atoms. The Hall–Kier alpha value is -2.12. The third-order valence-corrected chi connectivity index (χ3v) is 3.40. The summed E-state index contributed by atoms with van der Waals surface area (Å²) in [6.45, 7) is 8.08. The van der Waals surface area contributed by atoms with E-state index in [1.807, 2.05) is 13.8 Å². The molecule has 8 nitrogen and oxygen atoms in total. The van der Waals surface area contributed by atoms with Gasteiger partial charge in [0.2, 0.25) is 0 Å². The fourth-order valence-electron chi connectivity index (χ4n) is 2.15. The molecule has 0 aromatic heterocycles. The number of hydrogen-bond acceptors (Lipinski definition) is 6. The van der Waals surface area contributed by atoms with Crippen LogP contribution in [0.2, 0.25) is 0 Å². The molecule has 0 rings (SSSR count). The summed E-state index contributed by atoms with van der Waals surface area (Å²) < 4.78 is 9.40. The molecular formula is C18H32O8. The summed E-state index contributed by atoms with van der Waals surface area (Å²) in [4.78, 5) is 43.4. The molecule has 0 aliphatic carbocycles. The second-order valence-corrected chi connectivity index (χ2v) is 5.81. The molecule has 0 heterocycles. The first-order valence-electron chi connectivity index (χ1n) is 8.99. The smallest absolute Gasteiger partial charge is 0.321 e. The molecule has 2 N–H and O–H groups in total. The standard InChI is InChI=1S/2C9H16O4/c1-3-5-9(6-4-2,7(10)11)8(12)13;1-3-5-12-8(10)7-9(11)13-6-4-2/h3-6H2,1-2H3,(H,10,11)(H,12,13);3-7H2,1-2H3. The molecule has 0 amide bonds. The summed E-state index contributed by atoms with van der Waals surface area (Å²) in [5.74, 6) is -3.46. The van der Waals surface area contributed by atoms with Crippen molar-refractivity contribution in [1.82, 2.24) is 0 Å². The molecule has 0 unspecified atom stereocenters. The van der Waals surface area contributed by atoms with Crippen LogP contribution in [-0.4, -0.2) is 47.3 Å². The van der Waals surface area contributed by atoms with Crippen LogP contribution >= 0.6 is 0 Å². The summed E-state index contributed by atoms with van der Waals surface area (Å²) in [6, 6.07) is 0. The predicted octanol–water partition coefficient (Wildman–Crippen LogP) is 3.03. The van der Waals surface area contributed by atoms with Gasteiger partial charge >= 0.3 is 23.9 Å². The summed E-state index contributed by atoms with van der Waals surface area (Å²) in [5.41, 5.74) is -1.57. The van der Waals surface area contributed by atoms with Crippen LogP contribution in [0.1, 0.15) is 72.6 Å². The topological polar surface area (TPSA) is 127 Å². The average molecular weight is 376 g/mol. The van der Waals surface area contributed by atoms with Crippen LogP contribution in [0.25, 0.3) is 0 Å². The van der Waals surface area contributed by atoms with Crippen molar-refractivity contribution in [3.63, 3.8) is 0 Å². The fourth-order valence-corrected chi connectivity index (χ4v) is 2.15. The van der Waals surface area contributed by atoms with E-state index in [-0.39, 0.29) is 19.3 Å². The van der Waals surface area contributed by atoms with E-state index >= 15 is 0 Å². The SMILES string of the molecule is CCCC(CCC)(C(=O)O)C(=O)O.CCCOC(=O)CC(=O)OCCC. The van der Waals surface area contributed by atoms with Gasteiger partial charge < -0.3 is 19.7 Å². The maximum atomic E-state index is 10.9. The molecule has 8 heteroatoms. The molecule has 0 fully saturated rings. The molecule has 0 aliphatic heterocycles. The third-order valence-electron chi connectivity index (χ3n) is 3.40. The largest absolute Gasteiger partial charge is 0.480 e. The van der Waals surface area contributed by atoms with Gasteiger partial charge in [-0.2, -0.15) is 0 Å². The maximum absolute atomic E-state index is 10.9. The van der Waals surface area contributed by atoms with Crippen LogP contribution in [0.3, 0.4) is 0 Å². The van der Waals surface area contributed by atoms with E-state index in [1.165, 1.54) is 0 Å². The molecule has 0 bridgehead atoms. The molecule has 152 valence electrons. The Morgan fingerprint density at radius 1 is 0.692 bits per heavy atom. The van der Waals surface area contributed by atoms with Gasteiger partial charge in [-0.15, -0.1) is 0 Å². The number of esters is 2. The molecule has 26 heavy (non-hydrogen) atoms. The van der Waals surface area contributed by atoms with Crippen LogP contribution in [0.4, 0.5) is 0 Å². The van der Waals surface area contributed by atoms with Crippen LogP contribution in [0.15, 0.2) is 0 Å². The van der Waals surface area contributed by atoms with Gasteiger partial charge in [0.15, 0.2) is 5.41 Å². The van der Waals surface area contributed by atoms with Gasteiger partial charge in [0, 0.05) is 0 Å². The van der Waals surface area contributed by atoms with Crippen molar-refractivity contribution in [2.24, 2.45) is 5.41 Å². The Labute approximate surface area is 154 Å². The molecule has 0 saturated carbocycles. The van der Waals surface area contributed by atoms with Gasteiger partial charge in [0.1, 0.15) is 6.42 Å². The van der Waals surface area contributed by atoms with Crippen molar-refractivity contribution < 1.29 is 38.9 Å². The quantitative estimate of drug-likeness (QED) is 0.393. The van der Waals surface area contributed by atoms with Crippen molar-refractivity contribution in [3.05, 3.63) is 0 Å². The Kier molecular flexibility index (Phi) is 15.2. The normalized spacial score (nSPS) is 10.3. The van der Waals surface area contributed by atoms with Gasteiger partial charge in [0.05, 0.1) is 13.2 Å². The summed E-state index contributed by atoms with van der Waals surface area (Å²) in [6.07, 6.45) is 2.78. The molecule has 0 aliphatic rings. The highest BCUT2D eigenvalue weighted by Crippen LogP contribution is 2.30. The van der Waals surface area contributed by atoms with E-state index in [4.69, 9.17) is 19.7 Å². The predicted molar refractivity (Wildman–Crippen MR) is 94.6 cm³/mol. The fraction of sp³-hybridized carbons (Fsp3) is 0.778. The molecule has 0 aromatic carbocycles. The molecule has 0 saturated heterocycles. The van der Waals surface area contributed by atoms with Crippen molar-refractivity contribution in [1.29, 1.82) is 0 Å². The van der Waals surface area contributed by atoms with Gasteiger partial charge in [-0.3, -0.25) is 19.2 Å². The lowest BCUT2D eigenvalue weighted by molar-refractivity contribution is -0.166. The van der Waals surface area contributed by atoms with Gasteiger partial charge in [-0.05, 0) is 25.7 Å². The van der Waals surface area contributed by atoms with Crippen molar-refractivity contribution in [2.75, 3.05) is 13.2 Å². The van der Waals surface area contributed by atoms with Crippen LogP contribution in [0.5, 0.6) is 0 Å². The van der Waals surface area contributed by atoms with E-state index < -0.39 is 29.3 Å². The number of ether oxygens (including phenoxy) is 2. The van der Waals surface area contributed by atoms with E-state index in [9.17, 15) is 19.2 Å². The monoisotopic (exact) mass is 376 g/mol. The van der Waals surface area contributed by atoms with Crippen LogP contribution < -0.4 is 0 Å². The Bertz CT molecular complexity index is 404. The van der Waals surface area contributed by atoms with E-state index in [1.54, 1.807) is 13.8 Å². The molecule has 0 aromatic rings. The summed E-state index contributed by atoms with van der Waals surface area (Å²) in [7, 11) is 0. The van der Waals surface area contributed by atoms with Crippen LogP contribution in [0, 0.1) is 5.41 Å². The first-order chi connectivity index (χ1) is 12.2. The zero-order valence-corrected chi connectivity index (χ0v) is 16.2. The summed E-state index contributed by atoms with van der Waals surface area (Å²) in [5, 5.41) is 17.8. The average Bonchev–Trinajstić information content (AvgIpc) is 2.57. The minimum atomic E-state index is -1.57. The third kappa shape index (κ3) is 10.7. The summed E-state index contributed by atoms with van der Waals surface area (Å²) >= 11 is 0. The lowest BCUT2D eigenvalue weighted by atomic mass is 9.79. The molecule has 0 atom stereocenters. The van der Waals surface area contributed by atoms with Gasteiger partial charge in [-0.1, -0.05) is 40.5 Å². The van der Waals surface area contributed by atoms with Crippen molar-refractivity contribution in [3.8, 4) is 0 Å². The van der Waals surface area contributed by atoms with Gasteiger partial charge in [0.25, 0.3) is 0 Å². The number of carboxylic acid groups (broad SMARTS) is 2. The zero-order chi connectivity index (χ0) is 20.6. The van der Waals surface area contributed by atoms with Crippen LogP contribution in [-0.2, 0) is 28.7 Å². The van der Waals surface area contributed by atoms with Gasteiger partial charge in [-0.25, -0.2) is 0 Å². The highest BCUT2D eigenvalue weighted by molar-refractivity contribution is 5.98. The number of hydrogen-bond donors (Lipinski definition) is 2. The van der Waals surface area contributed by atoms with Crippen molar-refractivity contribution in [2.45, 2.75) is 72.6 Å². The Balaban J connectivity index is 0. The molecular weight excluding hydrogens is 344 g/mol. The second-order valence-electron chi connectivity index (χ2n) is 5.81. The van der Waals surface area contributed by atoms with E-state index in [2.05, 4.69) is 0 Å². The number of carbonyl (C=O) groups is 4. The number of aliphatic carboxylic acids is 2. The Morgan fingerprint density at radius 2 is 1.04 bits per heavy atom. The lowest BCUT2D eigenvalue weighted by Gasteiger charge is -2.23. The maximum Gasteiger partial charge on any atom is 0.321 e. The first kappa shape index (κ1) is 26.1. The second kappa shape index (κ2) is 15.2. The van der Waals surface area contributed by atoms with E-state index in [0.29, 0.717) is 26.1 Å². The number of carboxylic acids is 2. The lowest BCUT2D eigenvalue weighted by Crippen LogP contribution is -2.39. The number of rotatable bonds is 12. The zero-order valence-electron chi connectivity index (χ0n) is 16.2. The highest BCUT2D eigenvalue weighted by Gasteiger charge is 2.44.